The van der Waals surface area contributed by atoms with Gasteiger partial charge >= 0.3 is 0 Å². The minimum Gasteiger partial charge on any atom is -0.497 e. The van der Waals surface area contributed by atoms with Crippen LogP contribution >= 0.6 is 0 Å². The Labute approximate surface area is 188 Å². The Hall–Kier alpha value is -3.68. The molecule has 0 aromatic heterocycles. The average Bonchev–Trinajstić information content (AvgIpc) is 2.82. The van der Waals surface area contributed by atoms with E-state index in [1.54, 1.807) is 26.6 Å². The van der Waals surface area contributed by atoms with E-state index in [4.69, 9.17) is 9.47 Å². The van der Waals surface area contributed by atoms with E-state index in [1.165, 1.54) is 0 Å². The maximum atomic E-state index is 11.8. The number of unbranched alkanes of at least 4 members (excludes halogenated alkanes) is 3. The number of carbonyl (C=O) groups is 2. The van der Waals surface area contributed by atoms with Gasteiger partial charge in [0.2, 0.25) is 11.8 Å². The normalized spacial score (nSPS) is 10.9. The molecule has 2 aromatic carbocycles. The van der Waals surface area contributed by atoms with Gasteiger partial charge in [0.1, 0.15) is 11.5 Å². The highest BCUT2D eigenvalue weighted by atomic mass is 16.5. The zero-order chi connectivity index (χ0) is 23.0. The Morgan fingerprint density at radius 2 is 1.06 bits per heavy atom. The highest BCUT2D eigenvalue weighted by Gasteiger charge is 2.02. The summed E-state index contributed by atoms with van der Waals surface area (Å²) in [5.74, 6) is 1.29. The predicted octanol–water partition coefficient (Wildman–Crippen LogP) is 3.64. The van der Waals surface area contributed by atoms with Gasteiger partial charge in [0.25, 0.3) is 0 Å². The average molecular weight is 439 g/mol. The molecule has 8 heteroatoms. The molecular formula is C24H30N4O4. The van der Waals surface area contributed by atoms with Crippen LogP contribution in [0.1, 0.15) is 49.7 Å². The molecule has 0 saturated carbocycles. The van der Waals surface area contributed by atoms with Gasteiger partial charge in [-0.1, -0.05) is 12.8 Å². The monoisotopic (exact) mass is 438 g/mol. The van der Waals surface area contributed by atoms with Crippen LogP contribution in [0.2, 0.25) is 0 Å². The van der Waals surface area contributed by atoms with Crippen molar-refractivity contribution in [2.24, 2.45) is 10.2 Å². The van der Waals surface area contributed by atoms with Crippen LogP contribution in [0.25, 0.3) is 0 Å². The van der Waals surface area contributed by atoms with Crippen molar-refractivity contribution in [2.75, 3.05) is 14.2 Å². The van der Waals surface area contributed by atoms with E-state index in [2.05, 4.69) is 21.1 Å². The van der Waals surface area contributed by atoms with Crippen molar-refractivity contribution >= 4 is 24.2 Å². The summed E-state index contributed by atoms with van der Waals surface area (Å²) in [6.45, 7) is 0. The molecular weight excluding hydrogens is 408 g/mol. The number of hydrazone groups is 2. The second kappa shape index (κ2) is 14.3. The van der Waals surface area contributed by atoms with E-state index in [9.17, 15) is 9.59 Å². The lowest BCUT2D eigenvalue weighted by Crippen LogP contribution is -2.17. The van der Waals surface area contributed by atoms with Crippen LogP contribution in [0.3, 0.4) is 0 Å². The summed E-state index contributed by atoms with van der Waals surface area (Å²) in [4.78, 5) is 23.6. The second-order valence-electron chi connectivity index (χ2n) is 7.05. The summed E-state index contributed by atoms with van der Waals surface area (Å²) in [5.41, 5.74) is 6.79. The Kier molecular flexibility index (Phi) is 11.0. The fraction of sp³-hybridized carbons (Fsp3) is 0.333. The zero-order valence-corrected chi connectivity index (χ0v) is 18.5. The van der Waals surface area contributed by atoms with Crippen molar-refractivity contribution in [3.8, 4) is 11.5 Å². The number of nitrogens with one attached hydrogen (secondary N) is 2. The maximum absolute atomic E-state index is 11.8. The van der Waals surface area contributed by atoms with Crippen LogP contribution < -0.4 is 20.3 Å². The molecule has 0 spiro atoms. The van der Waals surface area contributed by atoms with Gasteiger partial charge < -0.3 is 9.47 Å². The van der Waals surface area contributed by atoms with Crippen molar-refractivity contribution in [3.05, 3.63) is 59.7 Å². The SMILES string of the molecule is COc1ccc(C=NNC(=O)CCCCCCC(=O)NN=Cc2ccc(OC)cc2)cc1. The number of rotatable bonds is 13. The highest BCUT2D eigenvalue weighted by molar-refractivity contribution is 5.83. The number of amides is 2. The molecule has 2 amide bonds. The number of hydrogen-bond donors (Lipinski definition) is 2. The van der Waals surface area contributed by atoms with Crippen LogP contribution in [0, 0.1) is 0 Å². The largest absolute Gasteiger partial charge is 0.497 e. The van der Waals surface area contributed by atoms with Crippen molar-refractivity contribution in [1.82, 2.24) is 10.9 Å². The van der Waals surface area contributed by atoms with Gasteiger partial charge in [-0.05, 0) is 72.5 Å². The van der Waals surface area contributed by atoms with Crippen LogP contribution in [-0.2, 0) is 9.59 Å². The molecule has 170 valence electrons. The van der Waals surface area contributed by atoms with Crippen molar-refractivity contribution in [3.63, 3.8) is 0 Å². The molecule has 0 aliphatic heterocycles. The number of methoxy groups -OCH3 is 2. The molecule has 2 rings (SSSR count). The standard InChI is InChI=1S/C24H30N4O4/c1-31-21-13-9-19(10-14-21)17-25-27-23(29)7-5-3-4-6-8-24(30)28-26-18-20-11-15-22(32-2)16-12-20/h9-18H,3-8H2,1-2H3,(H,27,29)(H,28,30). The van der Waals surface area contributed by atoms with Crippen LogP contribution in [0.15, 0.2) is 58.7 Å². The molecule has 0 aliphatic rings. The molecule has 0 bridgehead atoms. The molecule has 0 radical (unpaired) electrons. The first-order chi connectivity index (χ1) is 15.6. The van der Waals surface area contributed by atoms with E-state index >= 15 is 0 Å². The number of carbonyl (C=O) groups excluding carboxylic acids is 2. The summed E-state index contributed by atoms with van der Waals surface area (Å²) in [6, 6.07) is 14.7. The summed E-state index contributed by atoms with van der Waals surface area (Å²) in [7, 11) is 3.22. The van der Waals surface area contributed by atoms with E-state index in [-0.39, 0.29) is 11.8 Å². The Balaban J connectivity index is 1.50. The minimum atomic E-state index is -0.125. The topological polar surface area (TPSA) is 101 Å². The Morgan fingerprint density at radius 3 is 1.41 bits per heavy atom. The third kappa shape index (κ3) is 9.88. The molecule has 0 aliphatic carbocycles. The molecule has 0 unspecified atom stereocenters. The van der Waals surface area contributed by atoms with Gasteiger partial charge in [-0.2, -0.15) is 10.2 Å². The third-order valence-corrected chi connectivity index (χ3v) is 4.60. The lowest BCUT2D eigenvalue weighted by atomic mass is 10.1. The Bertz CT molecular complexity index is 818. The summed E-state index contributed by atoms with van der Waals surface area (Å²) in [5, 5.41) is 7.91. The van der Waals surface area contributed by atoms with Gasteiger partial charge in [0, 0.05) is 12.8 Å². The summed E-state index contributed by atoms with van der Waals surface area (Å²) < 4.78 is 10.2. The molecule has 32 heavy (non-hydrogen) atoms. The van der Waals surface area contributed by atoms with E-state index in [1.807, 2.05) is 48.5 Å². The first-order valence-electron chi connectivity index (χ1n) is 10.5. The predicted molar refractivity (Wildman–Crippen MR) is 125 cm³/mol. The van der Waals surface area contributed by atoms with Gasteiger partial charge in [-0.3, -0.25) is 9.59 Å². The van der Waals surface area contributed by atoms with Crippen LogP contribution in [0.4, 0.5) is 0 Å². The number of nitrogens with zero attached hydrogens (tertiary/aromatic N) is 2. The first kappa shape index (κ1) is 24.6. The molecule has 8 nitrogen and oxygen atoms in total. The van der Waals surface area contributed by atoms with Gasteiger partial charge in [0.05, 0.1) is 26.6 Å². The maximum Gasteiger partial charge on any atom is 0.240 e. The van der Waals surface area contributed by atoms with Gasteiger partial charge in [-0.15, -0.1) is 0 Å². The smallest absolute Gasteiger partial charge is 0.240 e. The Morgan fingerprint density at radius 1 is 0.688 bits per heavy atom. The fourth-order valence-corrected chi connectivity index (χ4v) is 2.77. The third-order valence-electron chi connectivity index (χ3n) is 4.60. The number of ether oxygens (including phenoxy) is 2. The zero-order valence-electron chi connectivity index (χ0n) is 18.5. The van der Waals surface area contributed by atoms with E-state index in [0.29, 0.717) is 12.8 Å². The molecule has 0 atom stereocenters. The molecule has 0 saturated heterocycles. The molecule has 2 aromatic rings. The second-order valence-corrected chi connectivity index (χ2v) is 7.05. The van der Waals surface area contributed by atoms with Crippen molar-refractivity contribution in [2.45, 2.75) is 38.5 Å². The van der Waals surface area contributed by atoms with Gasteiger partial charge in [-0.25, -0.2) is 10.9 Å². The number of hydrogen-bond acceptors (Lipinski definition) is 6. The molecule has 0 heterocycles. The lowest BCUT2D eigenvalue weighted by Gasteiger charge is -2.02. The fourth-order valence-electron chi connectivity index (χ4n) is 2.77. The van der Waals surface area contributed by atoms with Gasteiger partial charge in [0.15, 0.2) is 0 Å². The van der Waals surface area contributed by atoms with Crippen molar-refractivity contribution < 1.29 is 19.1 Å². The highest BCUT2D eigenvalue weighted by Crippen LogP contribution is 2.10. The molecule has 0 fully saturated rings. The number of benzene rings is 2. The quantitative estimate of drug-likeness (QED) is 0.283. The van der Waals surface area contributed by atoms with Crippen LogP contribution in [0.5, 0.6) is 11.5 Å². The van der Waals surface area contributed by atoms with E-state index < -0.39 is 0 Å². The first-order valence-corrected chi connectivity index (χ1v) is 10.5. The minimum absolute atomic E-state index is 0.125. The molecule has 2 N–H and O–H groups in total. The van der Waals surface area contributed by atoms with E-state index in [0.717, 1.165) is 48.3 Å². The summed E-state index contributed by atoms with van der Waals surface area (Å²) >= 11 is 0. The van der Waals surface area contributed by atoms with Crippen LogP contribution in [-0.4, -0.2) is 38.5 Å². The lowest BCUT2D eigenvalue weighted by molar-refractivity contribution is -0.122. The summed E-state index contributed by atoms with van der Waals surface area (Å²) in [6.07, 6.45) is 7.23. The van der Waals surface area contributed by atoms with Crippen molar-refractivity contribution in [1.29, 1.82) is 0 Å².